The van der Waals surface area contributed by atoms with E-state index in [4.69, 9.17) is 11.6 Å². The molecule has 5 nitrogen and oxygen atoms in total. The van der Waals surface area contributed by atoms with Crippen LogP contribution in [0, 0.1) is 5.41 Å². The van der Waals surface area contributed by atoms with E-state index in [2.05, 4.69) is 35.7 Å². The SMILES string of the molecule is CCC(C)(C)c1cccc(-c2nc(-c3cc(CCC(=O)C(C)(C)C(F)(F)F)ccc3Cl)[nH]c(=O)n2)c1. The topological polar surface area (TPSA) is 75.7 Å². The van der Waals surface area contributed by atoms with Crippen molar-refractivity contribution in [1.82, 2.24) is 15.0 Å². The molecule has 0 radical (unpaired) electrons. The number of nitrogens with zero attached hydrogens (tertiary/aromatic N) is 2. The van der Waals surface area contributed by atoms with Crippen LogP contribution in [-0.4, -0.2) is 26.9 Å². The molecule has 192 valence electrons. The van der Waals surface area contributed by atoms with Gasteiger partial charge in [0.25, 0.3) is 0 Å². The van der Waals surface area contributed by atoms with Gasteiger partial charge in [0, 0.05) is 17.5 Å². The molecule has 0 amide bonds. The number of rotatable bonds is 8. The fourth-order valence-electron chi connectivity index (χ4n) is 3.56. The molecule has 0 aliphatic carbocycles. The highest BCUT2D eigenvalue weighted by Crippen LogP contribution is 2.39. The molecule has 0 aliphatic heterocycles. The number of carbonyl (C=O) groups excluding carboxylic acids is 1. The Bertz CT molecular complexity index is 1330. The molecule has 9 heteroatoms. The molecular weight excluding hydrogens is 491 g/mol. The Labute approximate surface area is 213 Å². The van der Waals surface area contributed by atoms with Gasteiger partial charge in [-0.05, 0) is 61.4 Å². The standard InChI is InChI=1S/C27H29ClF3N3O2/c1-6-25(2,3)18-9-7-8-17(15-18)22-32-23(34-24(36)33-22)19-14-16(10-12-20(19)28)11-13-21(35)26(4,5)27(29,30)31/h7-10,12,14-15H,6,11,13H2,1-5H3,(H,32,33,34,36). The molecule has 0 unspecified atom stereocenters. The minimum absolute atomic E-state index is 0.0736. The summed E-state index contributed by atoms with van der Waals surface area (Å²) in [7, 11) is 0. The van der Waals surface area contributed by atoms with Crippen LogP contribution in [0.2, 0.25) is 5.02 Å². The van der Waals surface area contributed by atoms with Gasteiger partial charge in [0.2, 0.25) is 0 Å². The van der Waals surface area contributed by atoms with Crippen molar-refractivity contribution in [3.63, 3.8) is 0 Å². The first-order valence-corrected chi connectivity index (χ1v) is 12.0. The van der Waals surface area contributed by atoms with Crippen LogP contribution in [0.3, 0.4) is 0 Å². The van der Waals surface area contributed by atoms with Crippen LogP contribution >= 0.6 is 11.6 Å². The average molecular weight is 520 g/mol. The predicted molar refractivity (Wildman–Crippen MR) is 135 cm³/mol. The number of benzene rings is 2. The number of nitrogens with one attached hydrogen (secondary N) is 1. The lowest BCUT2D eigenvalue weighted by atomic mass is 9.81. The van der Waals surface area contributed by atoms with Crippen LogP contribution in [0.1, 0.15) is 58.6 Å². The van der Waals surface area contributed by atoms with E-state index in [9.17, 15) is 22.8 Å². The van der Waals surface area contributed by atoms with Crippen molar-refractivity contribution in [3.8, 4) is 22.8 Å². The third kappa shape index (κ3) is 5.86. The van der Waals surface area contributed by atoms with Crippen LogP contribution in [0.5, 0.6) is 0 Å². The van der Waals surface area contributed by atoms with Gasteiger partial charge in [-0.25, -0.2) is 9.78 Å². The lowest BCUT2D eigenvalue weighted by Crippen LogP contribution is -2.39. The molecule has 0 spiro atoms. The van der Waals surface area contributed by atoms with Crippen molar-refractivity contribution in [2.45, 2.75) is 65.5 Å². The lowest BCUT2D eigenvalue weighted by Gasteiger charge is -2.26. The molecule has 0 atom stereocenters. The monoisotopic (exact) mass is 519 g/mol. The highest BCUT2D eigenvalue weighted by atomic mass is 35.5. The smallest absolute Gasteiger partial charge is 0.299 e. The summed E-state index contributed by atoms with van der Waals surface area (Å²) >= 11 is 6.38. The van der Waals surface area contributed by atoms with Crippen LogP contribution < -0.4 is 5.69 Å². The Kier molecular flexibility index (Phi) is 7.79. The van der Waals surface area contributed by atoms with E-state index in [1.165, 1.54) is 0 Å². The van der Waals surface area contributed by atoms with Crippen molar-refractivity contribution in [3.05, 3.63) is 69.1 Å². The van der Waals surface area contributed by atoms with E-state index in [0.717, 1.165) is 25.8 Å². The molecule has 0 saturated carbocycles. The highest BCUT2D eigenvalue weighted by molar-refractivity contribution is 6.33. The molecule has 3 aromatic rings. The molecule has 1 N–H and O–H groups in total. The first kappa shape index (κ1) is 27.6. The molecule has 1 heterocycles. The molecule has 0 aliphatic rings. The Hall–Kier alpha value is -3.00. The molecule has 2 aromatic carbocycles. The van der Waals surface area contributed by atoms with Gasteiger partial charge in [0.1, 0.15) is 17.0 Å². The first-order chi connectivity index (χ1) is 16.7. The van der Waals surface area contributed by atoms with Gasteiger partial charge < -0.3 is 0 Å². The van der Waals surface area contributed by atoms with Gasteiger partial charge in [-0.15, -0.1) is 0 Å². The second-order valence-corrected chi connectivity index (χ2v) is 10.4. The minimum atomic E-state index is -4.63. The average Bonchev–Trinajstić information content (AvgIpc) is 2.82. The van der Waals surface area contributed by atoms with E-state index < -0.39 is 23.1 Å². The maximum atomic E-state index is 13.2. The number of aromatic amines is 1. The summed E-state index contributed by atoms with van der Waals surface area (Å²) < 4.78 is 39.6. The van der Waals surface area contributed by atoms with Gasteiger partial charge in [-0.3, -0.25) is 9.78 Å². The van der Waals surface area contributed by atoms with Crippen molar-refractivity contribution >= 4 is 17.4 Å². The maximum Gasteiger partial charge on any atom is 0.400 e. The van der Waals surface area contributed by atoms with Crippen molar-refractivity contribution in [2.75, 3.05) is 0 Å². The highest BCUT2D eigenvalue weighted by Gasteiger charge is 2.51. The maximum absolute atomic E-state index is 13.2. The van der Waals surface area contributed by atoms with E-state index in [-0.39, 0.29) is 29.9 Å². The summed E-state index contributed by atoms with van der Waals surface area (Å²) in [6.07, 6.45) is -3.92. The minimum Gasteiger partial charge on any atom is -0.299 e. The molecule has 36 heavy (non-hydrogen) atoms. The third-order valence-electron chi connectivity index (χ3n) is 6.77. The largest absolute Gasteiger partial charge is 0.400 e. The van der Waals surface area contributed by atoms with E-state index in [1.54, 1.807) is 18.2 Å². The summed E-state index contributed by atoms with van der Waals surface area (Å²) in [4.78, 5) is 35.8. The summed E-state index contributed by atoms with van der Waals surface area (Å²) in [6, 6.07) is 12.5. The Morgan fingerprint density at radius 3 is 2.36 bits per heavy atom. The zero-order valence-corrected chi connectivity index (χ0v) is 21.6. The predicted octanol–water partition coefficient (Wildman–Crippen LogP) is 6.93. The number of H-pyrrole nitrogens is 1. The van der Waals surface area contributed by atoms with Gasteiger partial charge in [-0.2, -0.15) is 18.2 Å². The van der Waals surface area contributed by atoms with Gasteiger partial charge >= 0.3 is 11.9 Å². The zero-order valence-electron chi connectivity index (χ0n) is 20.9. The number of hydrogen-bond acceptors (Lipinski definition) is 4. The van der Waals surface area contributed by atoms with Crippen LogP contribution in [0.4, 0.5) is 13.2 Å². The van der Waals surface area contributed by atoms with Crippen LogP contribution in [0.25, 0.3) is 22.8 Å². The number of aromatic nitrogens is 3. The summed E-state index contributed by atoms with van der Waals surface area (Å²) in [5.74, 6) is -0.496. The van der Waals surface area contributed by atoms with Crippen molar-refractivity contribution in [1.29, 1.82) is 0 Å². The molecule has 1 aromatic heterocycles. The van der Waals surface area contributed by atoms with Crippen molar-refractivity contribution < 1.29 is 18.0 Å². The van der Waals surface area contributed by atoms with E-state index >= 15 is 0 Å². The second kappa shape index (κ2) is 10.2. The summed E-state index contributed by atoms with van der Waals surface area (Å²) in [6.45, 7) is 8.12. The van der Waals surface area contributed by atoms with E-state index in [1.807, 2.05) is 24.3 Å². The summed E-state index contributed by atoms with van der Waals surface area (Å²) in [5.41, 5.74) is -0.381. The Morgan fingerprint density at radius 2 is 1.72 bits per heavy atom. The van der Waals surface area contributed by atoms with Gasteiger partial charge in [-0.1, -0.05) is 56.6 Å². The van der Waals surface area contributed by atoms with Crippen LogP contribution in [0.15, 0.2) is 47.3 Å². The number of aryl methyl sites for hydroxylation is 1. The number of halogens is 4. The molecule has 0 bridgehead atoms. The van der Waals surface area contributed by atoms with Gasteiger partial charge in [0.05, 0.1) is 5.02 Å². The molecule has 3 rings (SSSR count). The Balaban J connectivity index is 1.94. The zero-order chi connectivity index (χ0) is 26.9. The van der Waals surface area contributed by atoms with E-state index in [0.29, 0.717) is 21.7 Å². The van der Waals surface area contributed by atoms with Crippen molar-refractivity contribution in [2.24, 2.45) is 5.41 Å². The van der Waals surface area contributed by atoms with Crippen LogP contribution in [-0.2, 0) is 16.6 Å². The number of hydrogen-bond donors (Lipinski definition) is 1. The number of ketones is 1. The number of carbonyl (C=O) groups is 1. The fraction of sp³-hybridized carbons (Fsp3) is 0.407. The quantitative estimate of drug-likeness (QED) is 0.350. The number of Topliss-reactive ketones (excluding diaryl/α,β-unsaturated/α-hetero) is 1. The molecular formula is C27H29ClF3N3O2. The molecule has 0 saturated heterocycles. The van der Waals surface area contributed by atoms with Gasteiger partial charge in [0.15, 0.2) is 5.82 Å². The Morgan fingerprint density at radius 1 is 1.03 bits per heavy atom. The number of alkyl halides is 3. The molecule has 0 fully saturated rings. The normalized spacial score (nSPS) is 12.6. The first-order valence-electron chi connectivity index (χ1n) is 11.6. The summed E-state index contributed by atoms with van der Waals surface area (Å²) in [5, 5.41) is 0.293. The lowest BCUT2D eigenvalue weighted by molar-refractivity contribution is -0.210. The fourth-order valence-corrected chi connectivity index (χ4v) is 3.77. The second-order valence-electron chi connectivity index (χ2n) is 10.0. The third-order valence-corrected chi connectivity index (χ3v) is 7.10.